The zero-order chi connectivity index (χ0) is 25.2. The molecule has 0 unspecified atom stereocenters. The first-order valence-electron chi connectivity index (χ1n) is 10.8. The number of imide groups is 1. The molecule has 4 atom stereocenters. The molecule has 0 radical (unpaired) electrons. The molecule has 2 aromatic carbocycles. The van der Waals surface area contributed by atoms with E-state index in [-0.39, 0.29) is 23.5 Å². The number of carbonyl (C=O) groups is 4. The van der Waals surface area contributed by atoms with Crippen molar-refractivity contribution in [3.63, 3.8) is 0 Å². The Balaban J connectivity index is 1.68. The number of aryl methyl sites for hydroxylation is 1. The van der Waals surface area contributed by atoms with Gasteiger partial charge in [-0.3, -0.25) is 34.6 Å². The van der Waals surface area contributed by atoms with Gasteiger partial charge in [-0.1, -0.05) is 18.2 Å². The summed E-state index contributed by atoms with van der Waals surface area (Å²) in [6.45, 7) is 1.53. The summed E-state index contributed by atoms with van der Waals surface area (Å²) in [6, 6.07) is 8.41. The van der Waals surface area contributed by atoms with Gasteiger partial charge in [-0.05, 0) is 18.6 Å². The zero-order valence-corrected chi connectivity index (χ0v) is 18.7. The van der Waals surface area contributed by atoms with Crippen LogP contribution in [-0.2, 0) is 24.7 Å². The first kappa shape index (κ1) is 22.5. The summed E-state index contributed by atoms with van der Waals surface area (Å²) >= 11 is 0. The molecule has 2 saturated heterocycles. The van der Waals surface area contributed by atoms with Gasteiger partial charge in [-0.25, -0.2) is 4.90 Å². The predicted molar refractivity (Wildman–Crippen MR) is 121 cm³/mol. The largest absolute Gasteiger partial charge is 0.490 e. The number of nitrogens with two attached hydrogens (primary N) is 1. The van der Waals surface area contributed by atoms with E-state index < -0.39 is 52.0 Å². The van der Waals surface area contributed by atoms with E-state index in [4.69, 9.17) is 10.5 Å². The van der Waals surface area contributed by atoms with Gasteiger partial charge in [0.25, 0.3) is 0 Å². The third-order valence-electron chi connectivity index (χ3n) is 6.98. The number of nitrogens with zero attached hydrogens (tertiary/aromatic N) is 2. The minimum absolute atomic E-state index is 0.108. The second kappa shape index (κ2) is 7.60. The molecule has 5 rings (SSSR count). The maximum atomic E-state index is 13.9. The first-order chi connectivity index (χ1) is 16.6. The smallest absolute Gasteiger partial charge is 0.311 e. The van der Waals surface area contributed by atoms with E-state index in [1.54, 1.807) is 24.3 Å². The standard InChI is InChI=1S/C23H21N5O7/c1-10-7-15(28(33)34)16(35-2)9-14(10)27-20(30)18-13(8-17(24)29)26-23(19(18)21(27)31)11-5-3-4-6-12(11)25-22(23)32/h3-7,9,13,18-19,26H,8H2,1-2H3,(H2,24,29)(H,25,32)/t13-,18+,19+,23-/m0/s1. The van der Waals surface area contributed by atoms with Gasteiger partial charge in [-0.15, -0.1) is 0 Å². The van der Waals surface area contributed by atoms with Crippen LogP contribution in [0.15, 0.2) is 36.4 Å². The molecule has 2 aromatic rings. The highest BCUT2D eigenvalue weighted by atomic mass is 16.6. The number of nitrogens with one attached hydrogen (secondary N) is 2. The van der Waals surface area contributed by atoms with Gasteiger partial charge in [0.1, 0.15) is 5.54 Å². The van der Waals surface area contributed by atoms with Crippen molar-refractivity contribution in [3.05, 3.63) is 57.6 Å². The number of primary amides is 1. The molecule has 12 heteroatoms. The van der Waals surface area contributed by atoms with Crippen molar-refractivity contribution < 1.29 is 28.8 Å². The first-order valence-corrected chi connectivity index (χ1v) is 10.8. The number of rotatable bonds is 5. The Morgan fingerprint density at radius 3 is 2.60 bits per heavy atom. The number of nitro benzene ring substituents is 1. The van der Waals surface area contributed by atoms with Crippen LogP contribution in [0.2, 0.25) is 0 Å². The van der Waals surface area contributed by atoms with Crippen molar-refractivity contribution >= 4 is 40.7 Å². The van der Waals surface area contributed by atoms with Crippen molar-refractivity contribution in [1.82, 2.24) is 5.32 Å². The summed E-state index contributed by atoms with van der Waals surface area (Å²) in [7, 11) is 1.24. The van der Waals surface area contributed by atoms with Gasteiger partial charge in [-0.2, -0.15) is 0 Å². The average molecular weight is 479 g/mol. The second-order valence-corrected chi connectivity index (χ2v) is 8.81. The molecule has 2 fully saturated rings. The van der Waals surface area contributed by atoms with Crippen molar-refractivity contribution in [2.45, 2.75) is 24.9 Å². The lowest BCUT2D eigenvalue weighted by Crippen LogP contribution is -2.53. The SMILES string of the molecule is COc1cc(N2C(=O)[C@@H]3[C@H](CC(N)=O)N[C@]4(C(=O)Nc5ccccc54)[C@H]3C2=O)c(C)cc1[N+](=O)[O-]. The van der Waals surface area contributed by atoms with Crippen LogP contribution >= 0.6 is 0 Å². The van der Waals surface area contributed by atoms with Crippen molar-refractivity contribution in [3.8, 4) is 5.75 Å². The number of methoxy groups -OCH3 is 1. The monoisotopic (exact) mass is 479 g/mol. The number of anilines is 2. The minimum atomic E-state index is -1.58. The van der Waals surface area contributed by atoms with Gasteiger partial charge in [0.2, 0.25) is 23.6 Å². The molecule has 35 heavy (non-hydrogen) atoms. The highest BCUT2D eigenvalue weighted by molar-refractivity contribution is 6.26. The second-order valence-electron chi connectivity index (χ2n) is 8.81. The van der Waals surface area contributed by atoms with E-state index in [2.05, 4.69) is 10.6 Å². The van der Waals surface area contributed by atoms with E-state index >= 15 is 0 Å². The maximum Gasteiger partial charge on any atom is 0.311 e. The summed E-state index contributed by atoms with van der Waals surface area (Å²) < 4.78 is 5.13. The Morgan fingerprint density at radius 1 is 1.23 bits per heavy atom. The molecule has 0 aromatic heterocycles. The fraction of sp³-hybridized carbons (Fsp3) is 0.304. The number of amides is 4. The van der Waals surface area contributed by atoms with Crippen LogP contribution in [0.1, 0.15) is 17.5 Å². The third-order valence-corrected chi connectivity index (χ3v) is 6.98. The van der Waals surface area contributed by atoms with Crippen molar-refractivity contribution in [1.29, 1.82) is 0 Å². The Bertz CT molecular complexity index is 1340. The van der Waals surface area contributed by atoms with Crippen LogP contribution in [0.25, 0.3) is 0 Å². The predicted octanol–water partition coefficient (Wildman–Crippen LogP) is 0.712. The molecular weight excluding hydrogens is 458 g/mol. The Kier molecular flexibility index (Phi) is 4.88. The summed E-state index contributed by atoms with van der Waals surface area (Å²) in [5, 5.41) is 17.3. The number of benzene rings is 2. The van der Waals surface area contributed by atoms with Crippen LogP contribution in [-0.4, -0.2) is 41.7 Å². The van der Waals surface area contributed by atoms with Crippen LogP contribution in [0.5, 0.6) is 5.75 Å². The molecule has 0 aliphatic carbocycles. The Hall–Kier alpha value is -4.32. The highest BCUT2D eigenvalue weighted by Crippen LogP contribution is 2.54. The summed E-state index contributed by atoms with van der Waals surface area (Å²) in [6.07, 6.45) is -0.270. The number of nitro groups is 1. The van der Waals surface area contributed by atoms with Crippen LogP contribution in [0, 0.1) is 28.9 Å². The average Bonchev–Trinajstić information content (AvgIpc) is 3.38. The highest BCUT2D eigenvalue weighted by Gasteiger charge is 2.70. The molecule has 4 N–H and O–H groups in total. The maximum absolute atomic E-state index is 13.9. The van der Waals surface area contributed by atoms with Crippen LogP contribution in [0.4, 0.5) is 17.1 Å². The molecule has 0 saturated carbocycles. The number of carbonyl (C=O) groups excluding carboxylic acids is 4. The number of fused-ring (bicyclic) bond motifs is 4. The molecular formula is C23H21N5O7. The lowest BCUT2D eigenvalue weighted by atomic mass is 9.76. The van der Waals surface area contributed by atoms with E-state index in [9.17, 15) is 29.3 Å². The minimum Gasteiger partial charge on any atom is -0.490 e. The van der Waals surface area contributed by atoms with Crippen LogP contribution < -0.4 is 26.0 Å². The van der Waals surface area contributed by atoms with Gasteiger partial charge in [0, 0.05) is 35.8 Å². The van der Waals surface area contributed by atoms with E-state index in [1.165, 1.54) is 26.2 Å². The fourth-order valence-corrected chi connectivity index (χ4v) is 5.60. The van der Waals surface area contributed by atoms with E-state index in [0.717, 1.165) is 4.90 Å². The Morgan fingerprint density at radius 2 is 1.94 bits per heavy atom. The number of ether oxygens (including phenoxy) is 1. The summed E-state index contributed by atoms with van der Waals surface area (Å²) in [5.41, 5.74) is 4.93. The Labute approximate surface area is 198 Å². The molecule has 3 aliphatic heterocycles. The number of hydrogen-bond donors (Lipinski definition) is 3. The van der Waals surface area contributed by atoms with Crippen molar-refractivity contribution in [2.75, 3.05) is 17.3 Å². The summed E-state index contributed by atoms with van der Waals surface area (Å²) in [5.74, 6) is -4.86. The normalized spacial score (nSPS) is 26.6. The fourth-order valence-electron chi connectivity index (χ4n) is 5.60. The third kappa shape index (κ3) is 2.96. The summed E-state index contributed by atoms with van der Waals surface area (Å²) in [4.78, 5) is 64.5. The lowest BCUT2D eigenvalue weighted by Gasteiger charge is -2.29. The number of para-hydroxylation sites is 1. The number of hydrogen-bond acceptors (Lipinski definition) is 8. The van der Waals surface area contributed by atoms with Gasteiger partial charge >= 0.3 is 5.69 Å². The van der Waals surface area contributed by atoms with Gasteiger partial charge in [0.05, 0.1) is 29.6 Å². The molecule has 180 valence electrons. The molecule has 0 bridgehead atoms. The lowest BCUT2D eigenvalue weighted by molar-refractivity contribution is -0.385. The quantitative estimate of drug-likeness (QED) is 0.319. The van der Waals surface area contributed by atoms with Gasteiger partial charge < -0.3 is 15.8 Å². The van der Waals surface area contributed by atoms with Gasteiger partial charge in [0.15, 0.2) is 5.75 Å². The molecule has 1 spiro atoms. The molecule has 3 aliphatic rings. The van der Waals surface area contributed by atoms with E-state index in [1.807, 2.05) is 0 Å². The van der Waals surface area contributed by atoms with Crippen molar-refractivity contribution in [2.24, 2.45) is 17.6 Å². The topological polar surface area (TPSA) is 174 Å². The molecule has 4 amide bonds. The molecule has 12 nitrogen and oxygen atoms in total. The molecule has 3 heterocycles. The van der Waals surface area contributed by atoms with E-state index in [0.29, 0.717) is 16.8 Å². The zero-order valence-electron chi connectivity index (χ0n) is 18.7. The van der Waals surface area contributed by atoms with Crippen LogP contribution in [0.3, 0.4) is 0 Å².